The number of benzene rings is 1. The van der Waals surface area contributed by atoms with Gasteiger partial charge in [0.1, 0.15) is 6.04 Å². The van der Waals surface area contributed by atoms with Crippen LogP contribution in [0.4, 0.5) is 5.69 Å². The highest BCUT2D eigenvalue weighted by molar-refractivity contribution is 7.88. The van der Waals surface area contributed by atoms with Gasteiger partial charge in [-0.3, -0.25) is 4.79 Å². The summed E-state index contributed by atoms with van der Waals surface area (Å²) in [5, 5.41) is 0. The average Bonchev–Trinajstić information content (AvgIpc) is 2.35. The number of hydrogen-bond acceptors (Lipinski definition) is 5. The molecule has 3 N–H and O–H groups in total. The smallest absolute Gasteiger partial charge is 0.323 e. The van der Waals surface area contributed by atoms with E-state index in [1.54, 1.807) is 24.3 Å². The van der Waals surface area contributed by atoms with Gasteiger partial charge in [-0.15, -0.1) is 0 Å². The Morgan fingerprint density at radius 3 is 2.57 bits per heavy atom. The Balaban J connectivity index is 2.83. The predicted octanol–water partition coefficient (Wildman–Crippen LogP) is 1.28. The third-order valence-corrected chi connectivity index (χ3v) is 4.18. The fraction of sp³-hybridized carbons (Fsp3) is 0.500. The molecule has 0 heterocycles. The molecule has 0 amide bonds. The van der Waals surface area contributed by atoms with Gasteiger partial charge in [-0.25, -0.2) is 13.1 Å². The lowest BCUT2D eigenvalue weighted by Gasteiger charge is -2.18. The number of hydrogen-bond donors (Lipinski definition) is 2. The van der Waals surface area contributed by atoms with Crippen LogP contribution < -0.4 is 10.5 Å². The number of esters is 1. The predicted molar refractivity (Wildman–Crippen MR) is 81.9 cm³/mol. The van der Waals surface area contributed by atoms with E-state index in [9.17, 15) is 13.2 Å². The summed E-state index contributed by atoms with van der Waals surface area (Å²) >= 11 is 0. The summed E-state index contributed by atoms with van der Waals surface area (Å²) in [6, 6.07) is 5.76. The number of carbonyl (C=O) groups is 1. The van der Waals surface area contributed by atoms with Gasteiger partial charge in [0.2, 0.25) is 10.0 Å². The number of methoxy groups -OCH3 is 1. The van der Waals surface area contributed by atoms with Crippen molar-refractivity contribution in [3.8, 4) is 0 Å². The van der Waals surface area contributed by atoms with Gasteiger partial charge in [0.05, 0.1) is 12.9 Å². The quantitative estimate of drug-likeness (QED) is 0.583. The minimum atomic E-state index is -3.66. The van der Waals surface area contributed by atoms with Gasteiger partial charge < -0.3 is 10.5 Å². The van der Waals surface area contributed by atoms with Crippen LogP contribution in [0.5, 0.6) is 0 Å². The zero-order chi connectivity index (χ0) is 16.0. The topological polar surface area (TPSA) is 98.5 Å². The molecule has 118 valence electrons. The Kier molecular flexibility index (Phi) is 6.17. The van der Waals surface area contributed by atoms with E-state index in [0.717, 1.165) is 0 Å². The zero-order valence-corrected chi connectivity index (χ0v) is 13.3. The standard InChI is InChI=1S/C14H22N2O4S/c1-10(2)7-13(14(17)20-3)16-21(18,19)9-11-5-4-6-12(15)8-11/h4-6,8,10,13,16H,7,9,15H2,1-3H3. The third-order valence-electron chi connectivity index (χ3n) is 2.82. The Hall–Kier alpha value is -1.60. The number of nitrogens with two attached hydrogens (primary N) is 1. The fourth-order valence-corrected chi connectivity index (χ4v) is 3.29. The largest absolute Gasteiger partial charge is 0.468 e. The lowest BCUT2D eigenvalue weighted by molar-refractivity contribution is -0.143. The molecule has 7 heteroatoms. The molecule has 1 rings (SSSR count). The van der Waals surface area contributed by atoms with E-state index in [4.69, 9.17) is 5.73 Å². The van der Waals surface area contributed by atoms with E-state index in [1.165, 1.54) is 7.11 Å². The van der Waals surface area contributed by atoms with Gasteiger partial charge >= 0.3 is 5.97 Å². The van der Waals surface area contributed by atoms with Crippen molar-refractivity contribution < 1.29 is 17.9 Å². The second-order valence-corrected chi connectivity index (χ2v) is 7.08. The number of carbonyl (C=O) groups excluding carboxylic acids is 1. The van der Waals surface area contributed by atoms with Crippen molar-refractivity contribution in [1.29, 1.82) is 0 Å². The second-order valence-electron chi connectivity index (χ2n) is 5.33. The molecule has 0 saturated carbocycles. The van der Waals surface area contributed by atoms with E-state index < -0.39 is 22.0 Å². The van der Waals surface area contributed by atoms with Crippen molar-refractivity contribution in [2.45, 2.75) is 32.1 Å². The third kappa shape index (κ3) is 6.14. The van der Waals surface area contributed by atoms with Crippen molar-refractivity contribution in [3.63, 3.8) is 0 Å². The van der Waals surface area contributed by atoms with E-state index in [2.05, 4.69) is 9.46 Å². The van der Waals surface area contributed by atoms with Gasteiger partial charge in [0.15, 0.2) is 0 Å². The number of ether oxygens (including phenoxy) is 1. The molecule has 1 unspecified atom stereocenters. The molecule has 0 bridgehead atoms. The molecule has 21 heavy (non-hydrogen) atoms. The van der Waals surface area contributed by atoms with Gasteiger partial charge in [-0.05, 0) is 30.0 Å². The van der Waals surface area contributed by atoms with Crippen molar-refractivity contribution in [2.75, 3.05) is 12.8 Å². The number of nitrogens with one attached hydrogen (secondary N) is 1. The molecular weight excluding hydrogens is 292 g/mol. The molecule has 0 aliphatic heterocycles. The first-order chi connectivity index (χ1) is 9.73. The first-order valence-corrected chi connectivity index (χ1v) is 8.31. The number of rotatable bonds is 7. The minimum absolute atomic E-state index is 0.157. The SMILES string of the molecule is COC(=O)C(CC(C)C)NS(=O)(=O)Cc1cccc(N)c1. The molecule has 0 spiro atoms. The Morgan fingerprint density at radius 2 is 2.05 bits per heavy atom. The molecule has 1 atom stereocenters. The zero-order valence-electron chi connectivity index (χ0n) is 12.5. The summed E-state index contributed by atoms with van der Waals surface area (Å²) in [7, 11) is -2.42. The number of anilines is 1. The Bertz CT molecular complexity index is 584. The van der Waals surface area contributed by atoms with Crippen LogP contribution in [-0.4, -0.2) is 27.5 Å². The molecule has 0 aliphatic rings. The maximum Gasteiger partial charge on any atom is 0.323 e. The maximum atomic E-state index is 12.2. The van der Waals surface area contributed by atoms with E-state index in [0.29, 0.717) is 17.7 Å². The highest BCUT2D eigenvalue weighted by Crippen LogP contribution is 2.12. The van der Waals surface area contributed by atoms with Gasteiger partial charge in [0, 0.05) is 5.69 Å². The fourth-order valence-electron chi connectivity index (χ4n) is 1.97. The van der Waals surface area contributed by atoms with Gasteiger partial charge in [0.25, 0.3) is 0 Å². The van der Waals surface area contributed by atoms with E-state index >= 15 is 0 Å². The van der Waals surface area contributed by atoms with Crippen LogP contribution in [-0.2, 0) is 25.3 Å². The summed E-state index contributed by atoms with van der Waals surface area (Å²) in [5.41, 5.74) is 6.69. The monoisotopic (exact) mass is 314 g/mol. The van der Waals surface area contributed by atoms with Crippen LogP contribution in [0.15, 0.2) is 24.3 Å². The average molecular weight is 314 g/mol. The molecule has 0 radical (unpaired) electrons. The lowest BCUT2D eigenvalue weighted by Crippen LogP contribution is -2.42. The minimum Gasteiger partial charge on any atom is -0.468 e. The van der Waals surface area contributed by atoms with Crippen LogP contribution >= 0.6 is 0 Å². The van der Waals surface area contributed by atoms with Crippen molar-refractivity contribution >= 4 is 21.7 Å². The van der Waals surface area contributed by atoms with Crippen LogP contribution in [0.3, 0.4) is 0 Å². The lowest BCUT2D eigenvalue weighted by atomic mass is 10.1. The summed E-state index contributed by atoms with van der Waals surface area (Å²) in [6.07, 6.45) is 0.378. The molecule has 0 saturated heterocycles. The first-order valence-electron chi connectivity index (χ1n) is 6.65. The van der Waals surface area contributed by atoms with Crippen molar-refractivity contribution in [3.05, 3.63) is 29.8 Å². The number of sulfonamides is 1. The van der Waals surface area contributed by atoms with Gasteiger partial charge in [-0.2, -0.15) is 0 Å². The van der Waals surface area contributed by atoms with E-state index in [-0.39, 0.29) is 11.7 Å². The number of nitrogen functional groups attached to an aromatic ring is 1. The summed E-state index contributed by atoms with van der Waals surface area (Å²) in [6.45, 7) is 3.81. The van der Waals surface area contributed by atoms with Crippen LogP contribution in [0, 0.1) is 5.92 Å². The first kappa shape index (κ1) is 17.5. The highest BCUT2D eigenvalue weighted by atomic mass is 32.2. The van der Waals surface area contributed by atoms with Crippen LogP contribution in [0.25, 0.3) is 0 Å². The molecule has 1 aromatic rings. The Morgan fingerprint density at radius 1 is 1.38 bits per heavy atom. The van der Waals surface area contributed by atoms with Gasteiger partial charge in [-0.1, -0.05) is 26.0 Å². The molecule has 1 aromatic carbocycles. The Labute approximate surface area is 125 Å². The highest BCUT2D eigenvalue weighted by Gasteiger charge is 2.26. The summed E-state index contributed by atoms with van der Waals surface area (Å²) in [5.74, 6) is -0.659. The van der Waals surface area contributed by atoms with Crippen molar-refractivity contribution in [1.82, 2.24) is 4.72 Å². The van der Waals surface area contributed by atoms with Crippen LogP contribution in [0.2, 0.25) is 0 Å². The van der Waals surface area contributed by atoms with Crippen LogP contribution in [0.1, 0.15) is 25.8 Å². The second kappa shape index (κ2) is 7.42. The summed E-state index contributed by atoms with van der Waals surface area (Å²) in [4.78, 5) is 11.7. The molecule has 0 fully saturated rings. The summed E-state index contributed by atoms with van der Waals surface area (Å²) < 4.78 is 31.4. The van der Waals surface area contributed by atoms with Crippen molar-refractivity contribution in [2.24, 2.45) is 5.92 Å². The molecule has 0 aliphatic carbocycles. The molecule has 0 aromatic heterocycles. The normalized spacial score (nSPS) is 13.1. The maximum absolute atomic E-state index is 12.2. The van der Waals surface area contributed by atoms with E-state index in [1.807, 2.05) is 13.8 Å². The molecular formula is C14H22N2O4S. The molecule has 6 nitrogen and oxygen atoms in total.